The normalized spacial score (nSPS) is 17.0. The van der Waals surface area contributed by atoms with E-state index in [1.54, 1.807) is 12.1 Å². The van der Waals surface area contributed by atoms with Gasteiger partial charge in [0.15, 0.2) is 0 Å². The van der Waals surface area contributed by atoms with Crippen LogP contribution in [-0.2, 0) is 9.73 Å². The fourth-order valence-electron chi connectivity index (χ4n) is 1.22. The minimum absolute atomic E-state index is 0.0573. The molecule has 0 saturated carbocycles. The van der Waals surface area contributed by atoms with E-state index >= 15 is 0 Å². The molecule has 1 rings (SSSR count). The molecule has 0 saturated heterocycles. The lowest BCUT2D eigenvalue weighted by molar-refractivity contribution is 0.156. The molecular weight excluding hydrogens is 217 g/mol. The van der Waals surface area contributed by atoms with E-state index in [0.29, 0.717) is 10.5 Å². The summed E-state index contributed by atoms with van der Waals surface area (Å²) >= 11 is 0. The predicted octanol–water partition coefficient (Wildman–Crippen LogP) is 2.12. The van der Waals surface area contributed by atoms with Crippen LogP contribution < -0.4 is 0 Å². The first kappa shape index (κ1) is 12.1. The Balaban J connectivity index is 2.90. The van der Waals surface area contributed by atoms with Crippen LogP contribution >= 0.6 is 0 Å². The van der Waals surface area contributed by atoms with E-state index in [1.165, 1.54) is 18.4 Å². The largest absolute Gasteiger partial charge is 0.388 e. The molecular formula is C10H14FNO2S. The molecule has 0 aromatic heterocycles. The standard InChI is InChI=1S/C10H14FNO2S/c1-15(12,14)9-4-2-8(3-5-9)10(13)6-7-11/h2-5,10,12-13H,6-7H2,1H3/t10-,15?/m0/s1. The Morgan fingerprint density at radius 1 is 1.47 bits per heavy atom. The lowest BCUT2D eigenvalue weighted by atomic mass is 10.1. The van der Waals surface area contributed by atoms with Crippen molar-refractivity contribution in [1.82, 2.24) is 0 Å². The van der Waals surface area contributed by atoms with Crippen molar-refractivity contribution in [3.63, 3.8) is 0 Å². The number of rotatable bonds is 4. The van der Waals surface area contributed by atoms with Gasteiger partial charge >= 0.3 is 0 Å². The second-order valence-corrected chi connectivity index (χ2v) is 5.56. The van der Waals surface area contributed by atoms with E-state index in [0.717, 1.165) is 0 Å². The molecule has 1 unspecified atom stereocenters. The third-order valence-electron chi connectivity index (χ3n) is 2.10. The van der Waals surface area contributed by atoms with Gasteiger partial charge in [-0.05, 0) is 17.7 Å². The van der Waals surface area contributed by atoms with Crippen molar-refractivity contribution in [3.05, 3.63) is 29.8 Å². The molecule has 0 aliphatic rings. The van der Waals surface area contributed by atoms with Crippen molar-refractivity contribution >= 4 is 9.73 Å². The molecule has 2 atom stereocenters. The molecule has 0 radical (unpaired) electrons. The highest BCUT2D eigenvalue weighted by Crippen LogP contribution is 2.19. The van der Waals surface area contributed by atoms with E-state index < -0.39 is 22.5 Å². The average molecular weight is 231 g/mol. The van der Waals surface area contributed by atoms with Gasteiger partial charge in [-0.1, -0.05) is 12.1 Å². The van der Waals surface area contributed by atoms with Gasteiger partial charge in [0.25, 0.3) is 0 Å². The van der Waals surface area contributed by atoms with Crippen molar-refractivity contribution in [2.45, 2.75) is 17.4 Å². The van der Waals surface area contributed by atoms with Crippen molar-refractivity contribution in [2.24, 2.45) is 0 Å². The topological polar surface area (TPSA) is 61.2 Å². The Kier molecular flexibility index (Phi) is 3.82. The van der Waals surface area contributed by atoms with Crippen LogP contribution in [0.25, 0.3) is 0 Å². The fraction of sp³-hybridized carbons (Fsp3) is 0.400. The van der Waals surface area contributed by atoms with Crippen molar-refractivity contribution in [2.75, 3.05) is 12.9 Å². The van der Waals surface area contributed by atoms with Crippen LogP contribution in [-0.4, -0.2) is 22.2 Å². The fourth-order valence-corrected chi connectivity index (χ4v) is 1.88. The molecule has 0 amide bonds. The summed E-state index contributed by atoms with van der Waals surface area (Å²) in [5.74, 6) is 0. The summed E-state index contributed by atoms with van der Waals surface area (Å²) in [7, 11) is -2.71. The zero-order valence-electron chi connectivity index (χ0n) is 8.44. The third kappa shape index (κ3) is 3.28. The Morgan fingerprint density at radius 2 is 2.00 bits per heavy atom. The second-order valence-electron chi connectivity index (χ2n) is 3.41. The lowest BCUT2D eigenvalue weighted by Gasteiger charge is -2.09. The molecule has 0 fully saturated rings. The highest BCUT2D eigenvalue weighted by molar-refractivity contribution is 7.91. The summed E-state index contributed by atoms with van der Waals surface area (Å²) in [4.78, 5) is 0.415. The number of halogens is 1. The number of hydrogen-bond donors (Lipinski definition) is 2. The summed E-state index contributed by atoms with van der Waals surface area (Å²) in [6.45, 7) is -0.577. The van der Waals surface area contributed by atoms with E-state index in [-0.39, 0.29) is 6.42 Å². The Labute approximate surface area is 88.9 Å². The smallest absolute Gasteiger partial charge is 0.0922 e. The average Bonchev–Trinajstić information content (AvgIpc) is 2.17. The molecule has 0 bridgehead atoms. The minimum Gasteiger partial charge on any atom is -0.388 e. The highest BCUT2D eigenvalue weighted by atomic mass is 32.2. The maximum absolute atomic E-state index is 12.0. The number of alkyl halides is 1. The zero-order valence-corrected chi connectivity index (χ0v) is 9.26. The van der Waals surface area contributed by atoms with Crippen molar-refractivity contribution in [1.29, 1.82) is 4.78 Å². The molecule has 5 heteroatoms. The van der Waals surface area contributed by atoms with Gasteiger partial charge in [0, 0.05) is 17.6 Å². The van der Waals surface area contributed by atoms with E-state index in [9.17, 15) is 13.7 Å². The Hall–Kier alpha value is -0.940. The Morgan fingerprint density at radius 3 is 2.40 bits per heavy atom. The van der Waals surface area contributed by atoms with Crippen LogP contribution in [0.15, 0.2) is 29.2 Å². The van der Waals surface area contributed by atoms with Crippen LogP contribution in [0.1, 0.15) is 18.1 Å². The summed E-state index contributed by atoms with van der Waals surface area (Å²) in [5.41, 5.74) is 0.583. The molecule has 3 nitrogen and oxygen atoms in total. The summed E-state index contributed by atoms with van der Waals surface area (Å²) in [6.07, 6.45) is 0.560. The molecule has 0 aliphatic carbocycles. The van der Waals surface area contributed by atoms with Crippen LogP contribution in [0.5, 0.6) is 0 Å². The van der Waals surface area contributed by atoms with Gasteiger partial charge < -0.3 is 5.11 Å². The van der Waals surface area contributed by atoms with Gasteiger partial charge in [-0.25, -0.2) is 8.99 Å². The van der Waals surface area contributed by atoms with Gasteiger partial charge in [-0.3, -0.25) is 4.39 Å². The molecule has 15 heavy (non-hydrogen) atoms. The molecule has 1 aromatic carbocycles. The van der Waals surface area contributed by atoms with Crippen LogP contribution in [0.2, 0.25) is 0 Å². The maximum atomic E-state index is 12.0. The molecule has 0 aliphatic heterocycles. The summed E-state index contributed by atoms with van der Waals surface area (Å²) < 4.78 is 30.6. The third-order valence-corrected chi connectivity index (χ3v) is 3.27. The van der Waals surface area contributed by atoms with Crippen molar-refractivity contribution in [3.8, 4) is 0 Å². The second kappa shape index (κ2) is 4.72. The first-order chi connectivity index (χ1) is 6.95. The summed E-state index contributed by atoms with van der Waals surface area (Å²) in [6, 6.07) is 6.22. The molecule has 0 heterocycles. The lowest BCUT2D eigenvalue weighted by Crippen LogP contribution is -2.00. The van der Waals surface area contributed by atoms with E-state index in [2.05, 4.69) is 0 Å². The number of hydrogen-bond acceptors (Lipinski definition) is 3. The van der Waals surface area contributed by atoms with Crippen LogP contribution in [0.3, 0.4) is 0 Å². The van der Waals surface area contributed by atoms with Gasteiger partial charge in [0.05, 0.1) is 22.5 Å². The van der Waals surface area contributed by atoms with Gasteiger partial charge in [0.1, 0.15) is 0 Å². The zero-order chi connectivity index (χ0) is 11.5. The quantitative estimate of drug-likeness (QED) is 0.833. The van der Waals surface area contributed by atoms with E-state index in [4.69, 9.17) is 4.78 Å². The first-order valence-corrected chi connectivity index (χ1v) is 6.49. The van der Waals surface area contributed by atoms with Gasteiger partial charge in [0.2, 0.25) is 0 Å². The number of aliphatic hydroxyl groups excluding tert-OH is 1. The molecule has 84 valence electrons. The van der Waals surface area contributed by atoms with Gasteiger partial charge in [-0.15, -0.1) is 0 Å². The Bertz CT molecular complexity index is 414. The monoisotopic (exact) mass is 231 g/mol. The minimum atomic E-state index is -2.71. The SMILES string of the molecule is CS(=N)(=O)c1ccc([C@@H](O)CCF)cc1. The van der Waals surface area contributed by atoms with Crippen LogP contribution in [0, 0.1) is 4.78 Å². The van der Waals surface area contributed by atoms with Crippen molar-refractivity contribution < 1.29 is 13.7 Å². The van der Waals surface area contributed by atoms with Gasteiger partial charge in [-0.2, -0.15) is 0 Å². The highest BCUT2D eigenvalue weighted by Gasteiger charge is 2.08. The predicted molar refractivity (Wildman–Crippen MR) is 57.0 cm³/mol. The maximum Gasteiger partial charge on any atom is 0.0922 e. The first-order valence-electron chi connectivity index (χ1n) is 4.53. The number of benzene rings is 1. The summed E-state index contributed by atoms with van der Waals surface area (Å²) in [5, 5.41) is 9.46. The number of nitrogens with one attached hydrogen (secondary N) is 1. The molecule has 0 spiro atoms. The molecule has 2 N–H and O–H groups in total. The van der Waals surface area contributed by atoms with E-state index in [1.807, 2.05) is 0 Å². The number of aliphatic hydroxyl groups is 1. The van der Waals surface area contributed by atoms with Crippen LogP contribution in [0.4, 0.5) is 4.39 Å². The molecule has 1 aromatic rings.